The maximum atomic E-state index is 12.3. The molecule has 0 unspecified atom stereocenters. The van der Waals surface area contributed by atoms with Gasteiger partial charge in [-0.25, -0.2) is 5.43 Å². The van der Waals surface area contributed by atoms with Crippen molar-refractivity contribution in [3.63, 3.8) is 0 Å². The average molecular weight is 406 g/mol. The molecule has 1 aliphatic heterocycles. The van der Waals surface area contributed by atoms with Crippen molar-refractivity contribution in [3.8, 4) is 5.75 Å². The number of para-hydroxylation sites is 1. The zero-order valence-corrected chi connectivity index (χ0v) is 16.2. The van der Waals surface area contributed by atoms with Crippen molar-refractivity contribution < 1.29 is 9.53 Å². The highest BCUT2D eigenvalue weighted by Crippen LogP contribution is 2.34. The van der Waals surface area contributed by atoms with Crippen LogP contribution in [0.1, 0.15) is 29.3 Å². The Morgan fingerprint density at radius 2 is 1.90 bits per heavy atom. The van der Waals surface area contributed by atoms with Crippen LogP contribution in [0.5, 0.6) is 5.75 Å². The van der Waals surface area contributed by atoms with Crippen LogP contribution in [-0.2, 0) is 11.2 Å². The van der Waals surface area contributed by atoms with Gasteiger partial charge in [0.2, 0.25) is 5.91 Å². The Hall–Kier alpha value is -3.52. The molecule has 0 saturated heterocycles. The van der Waals surface area contributed by atoms with E-state index in [0.29, 0.717) is 12.1 Å². The zero-order chi connectivity index (χ0) is 20.2. The van der Waals surface area contributed by atoms with Gasteiger partial charge in [-0.1, -0.05) is 42.5 Å². The molecule has 1 atom stereocenters. The van der Waals surface area contributed by atoms with Crippen LogP contribution in [0.15, 0.2) is 70.6 Å². The normalized spacial score (nSPS) is 16.7. The molecule has 1 aliphatic rings. The van der Waals surface area contributed by atoms with Crippen LogP contribution in [0, 0.1) is 4.77 Å². The van der Waals surface area contributed by atoms with Crippen molar-refractivity contribution in [2.24, 2.45) is 5.10 Å². The molecule has 2 heterocycles. The number of nitrogens with zero attached hydrogens (tertiary/aromatic N) is 1. The van der Waals surface area contributed by atoms with Gasteiger partial charge in [0, 0.05) is 23.7 Å². The number of ether oxygens (including phenoxy) is 1. The number of hydrogen-bond acceptors (Lipinski definition) is 5. The van der Waals surface area contributed by atoms with Crippen LogP contribution in [0.3, 0.4) is 0 Å². The summed E-state index contributed by atoms with van der Waals surface area (Å²) >= 11 is 4.93. The molecule has 1 aromatic heterocycles. The molecular formula is C21H18N4O3S. The second-order valence-corrected chi connectivity index (χ2v) is 7.01. The maximum Gasteiger partial charge on any atom is 0.251 e. The van der Waals surface area contributed by atoms with Crippen LogP contribution >= 0.6 is 12.2 Å². The Labute approximate surface area is 171 Å². The monoisotopic (exact) mass is 406 g/mol. The summed E-state index contributed by atoms with van der Waals surface area (Å²) in [5.41, 5.74) is 5.26. The summed E-state index contributed by atoms with van der Waals surface area (Å²) < 4.78 is 6.31. The van der Waals surface area contributed by atoms with E-state index in [4.69, 9.17) is 17.0 Å². The number of carbonyl (C=O) groups excluding carboxylic acids is 1. The number of aromatic nitrogens is 2. The van der Waals surface area contributed by atoms with Crippen molar-refractivity contribution in [1.82, 2.24) is 15.4 Å². The highest BCUT2D eigenvalue weighted by Gasteiger charge is 2.26. The van der Waals surface area contributed by atoms with Crippen molar-refractivity contribution in [2.45, 2.75) is 18.9 Å². The molecule has 29 heavy (non-hydrogen) atoms. The minimum atomic E-state index is -0.355. The molecule has 3 N–H and O–H groups in total. The van der Waals surface area contributed by atoms with E-state index in [-0.39, 0.29) is 28.8 Å². The second-order valence-electron chi connectivity index (χ2n) is 6.60. The Bertz CT molecular complexity index is 1160. The number of nitrogens with one attached hydrogen (secondary N) is 3. The molecule has 0 spiro atoms. The summed E-state index contributed by atoms with van der Waals surface area (Å²) in [5.74, 6) is 0.369. The Kier molecular flexibility index (Phi) is 5.35. The van der Waals surface area contributed by atoms with E-state index >= 15 is 0 Å². The minimum absolute atomic E-state index is 0.0371. The molecule has 146 valence electrons. The molecule has 0 fully saturated rings. The molecule has 3 aromatic rings. The number of hydrogen-bond donors (Lipinski definition) is 3. The predicted molar refractivity (Wildman–Crippen MR) is 112 cm³/mol. The molecule has 0 saturated carbocycles. The van der Waals surface area contributed by atoms with E-state index in [1.807, 2.05) is 54.6 Å². The number of carbonyl (C=O) groups is 1. The van der Waals surface area contributed by atoms with Gasteiger partial charge in [-0.05, 0) is 29.9 Å². The van der Waals surface area contributed by atoms with Gasteiger partial charge in [-0.2, -0.15) is 5.10 Å². The largest absolute Gasteiger partial charge is 0.485 e. The van der Waals surface area contributed by atoms with Gasteiger partial charge in [0.15, 0.2) is 4.77 Å². The first kappa shape index (κ1) is 18.8. The fourth-order valence-electron chi connectivity index (χ4n) is 3.20. The van der Waals surface area contributed by atoms with Gasteiger partial charge in [0.05, 0.1) is 12.1 Å². The molecule has 8 heteroatoms. The Balaban J connectivity index is 1.55. The van der Waals surface area contributed by atoms with Crippen LogP contribution < -0.4 is 15.7 Å². The molecule has 0 radical (unpaired) electrons. The fourth-order valence-corrected chi connectivity index (χ4v) is 3.44. The summed E-state index contributed by atoms with van der Waals surface area (Å²) in [4.78, 5) is 29.0. The number of fused-ring (bicyclic) bond motifs is 1. The lowest BCUT2D eigenvalue weighted by atomic mass is 9.96. The van der Waals surface area contributed by atoms with E-state index < -0.39 is 0 Å². The van der Waals surface area contributed by atoms with Gasteiger partial charge in [-0.15, -0.1) is 0 Å². The lowest BCUT2D eigenvalue weighted by molar-refractivity contribution is -0.120. The van der Waals surface area contributed by atoms with Gasteiger partial charge >= 0.3 is 0 Å². The first-order valence-electron chi connectivity index (χ1n) is 9.07. The topological polar surface area (TPSA) is 99.3 Å². The molecule has 4 rings (SSSR count). The first-order chi connectivity index (χ1) is 14.1. The highest BCUT2D eigenvalue weighted by atomic mass is 32.1. The van der Waals surface area contributed by atoms with E-state index in [0.717, 1.165) is 22.6 Å². The first-order valence-corrected chi connectivity index (χ1v) is 9.48. The van der Waals surface area contributed by atoms with E-state index in [1.54, 1.807) is 0 Å². The van der Waals surface area contributed by atoms with Crippen LogP contribution in [0.2, 0.25) is 0 Å². The second kappa shape index (κ2) is 8.24. The Morgan fingerprint density at radius 1 is 1.14 bits per heavy atom. The fraction of sp³-hybridized carbons (Fsp3) is 0.143. The maximum absolute atomic E-state index is 12.3. The molecular weight excluding hydrogens is 388 g/mol. The smallest absolute Gasteiger partial charge is 0.251 e. The molecule has 2 aromatic carbocycles. The van der Waals surface area contributed by atoms with Crippen molar-refractivity contribution >= 4 is 23.8 Å². The number of H-pyrrole nitrogens is 2. The third-order valence-corrected chi connectivity index (χ3v) is 4.70. The predicted octanol–water partition coefficient (Wildman–Crippen LogP) is 3.02. The lowest BCUT2D eigenvalue weighted by Crippen LogP contribution is -2.26. The molecule has 0 aliphatic carbocycles. The van der Waals surface area contributed by atoms with Gasteiger partial charge < -0.3 is 9.72 Å². The number of benzene rings is 2. The van der Waals surface area contributed by atoms with Crippen LogP contribution in [0.25, 0.3) is 0 Å². The van der Waals surface area contributed by atoms with Crippen LogP contribution in [-0.4, -0.2) is 21.6 Å². The summed E-state index contributed by atoms with van der Waals surface area (Å²) in [6, 6.07) is 18.8. The van der Waals surface area contributed by atoms with Crippen LogP contribution in [0.4, 0.5) is 0 Å². The van der Waals surface area contributed by atoms with Crippen molar-refractivity contribution in [1.29, 1.82) is 0 Å². The van der Waals surface area contributed by atoms with E-state index in [2.05, 4.69) is 20.5 Å². The quantitative estimate of drug-likeness (QED) is 0.458. The summed E-state index contributed by atoms with van der Waals surface area (Å²) in [6.45, 7) is 0. The highest BCUT2D eigenvalue weighted by molar-refractivity contribution is 7.71. The molecule has 0 bridgehead atoms. The van der Waals surface area contributed by atoms with Crippen molar-refractivity contribution in [2.75, 3.05) is 0 Å². The lowest BCUT2D eigenvalue weighted by Gasteiger charge is -2.27. The van der Waals surface area contributed by atoms with E-state index in [9.17, 15) is 9.59 Å². The van der Waals surface area contributed by atoms with Crippen molar-refractivity contribution in [3.05, 3.63) is 92.6 Å². The third kappa shape index (κ3) is 4.49. The standard InChI is InChI=1S/C21H18N4O3S/c26-19-10-14(22-21(29)23-19)11-20(27)25-24-16-12-18(13-6-2-1-3-7-13)28-17-9-5-4-8-15(16)17/h1-10,18H,11-12H2,(H,25,27)(H2,22,23,26,29)/b24-16-/t18-/m0/s1. The number of amides is 1. The molecule has 7 nitrogen and oxygen atoms in total. The van der Waals surface area contributed by atoms with Gasteiger partial charge in [0.1, 0.15) is 11.9 Å². The summed E-state index contributed by atoms with van der Waals surface area (Å²) in [6.07, 6.45) is 0.296. The number of hydrazone groups is 1. The molecule has 1 amide bonds. The summed E-state index contributed by atoms with van der Waals surface area (Å²) in [5, 5.41) is 4.35. The van der Waals surface area contributed by atoms with Gasteiger partial charge in [-0.3, -0.25) is 14.6 Å². The number of aromatic amines is 2. The average Bonchev–Trinajstić information content (AvgIpc) is 2.71. The zero-order valence-electron chi connectivity index (χ0n) is 15.3. The summed E-state index contributed by atoms with van der Waals surface area (Å²) in [7, 11) is 0. The van der Waals surface area contributed by atoms with E-state index in [1.165, 1.54) is 6.07 Å². The number of rotatable bonds is 4. The Morgan fingerprint density at radius 3 is 2.69 bits per heavy atom. The third-order valence-electron chi connectivity index (χ3n) is 4.50. The minimum Gasteiger partial charge on any atom is -0.485 e. The van der Waals surface area contributed by atoms with Gasteiger partial charge in [0.25, 0.3) is 5.56 Å². The SMILES string of the molecule is O=C(Cc1cc(=O)[nH]c(=S)[nH]1)N/N=C1/C[C@@H](c2ccccc2)Oc2ccccc21.